The molecular weight excluding hydrogens is 190 g/mol. The molecule has 0 aliphatic heterocycles. The zero-order chi connectivity index (χ0) is 11.1. The summed E-state index contributed by atoms with van der Waals surface area (Å²) in [4.78, 5) is 11.4. The van der Waals surface area contributed by atoms with Gasteiger partial charge in [0.1, 0.15) is 5.76 Å². The fraction of sp³-hybridized carbons (Fsp3) is 0.417. The average molecular weight is 207 g/mol. The molecule has 0 saturated heterocycles. The smallest absolute Gasteiger partial charge is 0.244 e. The Kier molecular flexibility index (Phi) is 4.68. The average Bonchev–Trinajstić information content (AvgIpc) is 2.75. The third-order valence-electron chi connectivity index (χ3n) is 2.27. The summed E-state index contributed by atoms with van der Waals surface area (Å²) in [5.41, 5.74) is 0. The number of nitrogens with one attached hydrogen (secondary N) is 1. The van der Waals surface area contributed by atoms with Crippen LogP contribution in [-0.2, 0) is 4.79 Å². The number of hydrogen-bond acceptors (Lipinski definition) is 2. The molecule has 0 saturated carbocycles. The van der Waals surface area contributed by atoms with Crippen molar-refractivity contribution in [2.45, 2.75) is 32.7 Å². The van der Waals surface area contributed by atoms with Crippen molar-refractivity contribution in [3.05, 3.63) is 30.2 Å². The third kappa shape index (κ3) is 4.02. The van der Waals surface area contributed by atoms with Crippen molar-refractivity contribution in [3.8, 4) is 0 Å². The summed E-state index contributed by atoms with van der Waals surface area (Å²) in [6.07, 6.45) is 6.65. The summed E-state index contributed by atoms with van der Waals surface area (Å²) in [5, 5.41) is 2.91. The topological polar surface area (TPSA) is 42.2 Å². The molecule has 0 aromatic carbocycles. The van der Waals surface area contributed by atoms with Gasteiger partial charge in [-0.25, -0.2) is 0 Å². The normalized spacial score (nSPS) is 11.1. The Morgan fingerprint density at radius 3 is 2.80 bits per heavy atom. The van der Waals surface area contributed by atoms with E-state index in [2.05, 4.69) is 19.2 Å². The van der Waals surface area contributed by atoms with Gasteiger partial charge in [-0.1, -0.05) is 13.8 Å². The van der Waals surface area contributed by atoms with Crippen LogP contribution in [0.5, 0.6) is 0 Å². The molecule has 0 fully saturated rings. The molecule has 0 unspecified atom stereocenters. The van der Waals surface area contributed by atoms with Gasteiger partial charge in [-0.15, -0.1) is 0 Å². The molecule has 1 aromatic rings. The fourth-order valence-electron chi connectivity index (χ4n) is 1.29. The lowest BCUT2D eigenvalue weighted by Gasteiger charge is -2.12. The maximum Gasteiger partial charge on any atom is 0.244 e. The Balaban J connectivity index is 2.42. The number of furan rings is 1. The Labute approximate surface area is 90.2 Å². The summed E-state index contributed by atoms with van der Waals surface area (Å²) < 4.78 is 5.07. The van der Waals surface area contributed by atoms with E-state index in [1.165, 1.54) is 6.08 Å². The van der Waals surface area contributed by atoms with Gasteiger partial charge in [0.05, 0.1) is 6.26 Å². The lowest BCUT2D eigenvalue weighted by molar-refractivity contribution is -0.117. The van der Waals surface area contributed by atoms with E-state index in [1.54, 1.807) is 24.5 Å². The van der Waals surface area contributed by atoms with Crippen molar-refractivity contribution in [1.29, 1.82) is 0 Å². The van der Waals surface area contributed by atoms with Crippen LogP contribution in [-0.4, -0.2) is 11.9 Å². The molecular formula is C12H17NO2. The minimum atomic E-state index is -0.0694. The summed E-state index contributed by atoms with van der Waals surface area (Å²) >= 11 is 0. The standard InChI is InChI=1S/C12H17NO2/c1-3-10(4-2)13-12(14)8-7-11-6-5-9-15-11/h5-10H,3-4H2,1-2H3,(H,13,14)/b8-7+. The van der Waals surface area contributed by atoms with E-state index >= 15 is 0 Å². The van der Waals surface area contributed by atoms with E-state index in [0.717, 1.165) is 12.8 Å². The first-order valence-electron chi connectivity index (χ1n) is 5.28. The van der Waals surface area contributed by atoms with E-state index in [9.17, 15) is 4.79 Å². The first-order valence-corrected chi connectivity index (χ1v) is 5.28. The van der Waals surface area contributed by atoms with Gasteiger partial charge >= 0.3 is 0 Å². The second-order valence-electron chi connectivity index (χ2n) is 3.37. The van der Waals surface area contributed by atoms with Crippen molar-refractivity contribution in [2.75, 3.05) is 0 Å². The van der Waals surface area contributed by atoms with Gasteiger partial charge in [-0.3, -0.25) is 4.79 Å². The van der Waals surface area contributed by atoms with Gasteiger partial charge in [-0.2, -0.15) is 0 Å². The Morgan fingerprint density at radius 2 is 2.27 bits per heavy atom. The lowest BCUT2D eigenvalue weighted by atomic mass is 10.2. The monoisotopic (exact) mass is 207 g/mol. The zero-order valence-corrected chi connectivity index (χ0v) is 9.19. The van der Waals surface area contributed by atoms with Gasteiger partial charge in [0.2, 0.25) is 5.91 Å². The van der Waals surface area contributed by atoms with Crippen molar-refractivity contribution < 1.29 is 9.21 Å². The van der Waals surface area contributed by atoms with Gasteiger partial charge in [-0.05, 0) is 31.1 Å². The molecule has 1 N–H and O–H groups in total. The van der Waals surface area contributed by atoms with Crippen LogP contribution in [0, 0.1) is 0 Å². The van der Waals surface area contributed by atoms with Crippen molar-refractivity contribution >= 4 is 12.0 Å². The Bertz CT molecular complexity index is 310. The van der Waals surface area contributed by atoms with Crippen LogP contribution in [0.3, 0.4) is 0 Å². The number of carbonyl (C=O) groups excluding carboxylic acids is 1. The molecule has 0 aliphatic carbocycles. The number of carbonyl (C=O) groups is 1. The summed E-state index contributed by atoms with van der Waals surface area (Å²) in [6.45, 7) is 4.12. The van der Waals surface area contributed by atoms with E-state index in [-0.39, 0.29) is 11.9 Å². The van der Waals surface area contributed by atoms with Crippen LogP contribution in [0.2, 0.25) is 0 Å². The molecule has 0 aliphatic rings. The van der Waals surface area contributed by atoms with Crippen molar-refractivity contribution in [3.63, 3.8) is 0 Å². The van der Waals surface area contributed by atoms with Crippen molar-refractivity contribution in [1.82, 2.24) is 5.32 Å². The zero-order valence-electron chi connectivity index (χ0n) is 9.19. The van der Waals surface area contributed by atoms with Crippen LogP contribution in [0.15, 0.2) is 28.9 Å². The molecule has 82 valence electrons. The summed E-state index contributed by atoms with van der Waals surface area (Å²) in [5.74, 6) is 0.620. The highest BCUT2D eigenvalue weighted by atomic mass is 16.3. The highest BCUT2D eigenvalue weighted by Crippen LogP contribution is 2.02. The highest BCUT2D eigenvalue weighted by molar-refractivity contribution is 5.91. The predicted octanol–water partition coefficient (Wildman–Crippen LogP) is 2.60. The number of hydrogen-bond donors (Lipinski definition) is 1. The first-order chi connectivity index (χ1) is 7.26. The van der Waals surface area contributed by atoms with Crippen LogP contribution in [0.4, 0.5) is 0 Å². The number of rotatable bonds is 5. The van der Waals surface area contributed by atoms with Crippen molar-refractivity contribution in [2.24, 2.45) is 0 Å². The molecule has 1 rings (SSSR count). The molecule has 1 heterocycles. The van der Waals surface area contributed by atoms with Gasteiger partial charge in [0.15, 0.2) is 0 Å². The Hall–Kier alpha value is -1.51. The molecule has 1 amide bonds. The maximum atomic E-state index is 11.4. The molecule has 0 atom stereocenters. The molecule has 0 radical (unpaired) electrons. The summed E-state index contributed by atoms with van der Waals surface area (Å²) in [6, 6.07) is 3.86. The molecule has 3 heteroatoms. The fourth-order valence-corrected chi connectivity index (χ4v) is 1.29. The maximum absolute atomic E-state index is 11.4. The van der Waals surface area contributed by atoms with Gasteiger partial charge in [0, 0.05) is 12.1 Å². The van der Waals surface area contributed by atoms with Crippen LogP contribution >= 0.6 is 0 Å². The summed E-state index contributed by atoms with van der Waals surface area (Å²) in [7, 11) is 0. The molecule has 1 aromatic heterocycles. The number of amides is 1. The lowest BCUT2D eigenvalue weighted by Crippen LogP contribution is -2.32. The second-order valence-corrected chi connectivity index (χ2v) is 3.37. The second kappa shape index (κ2) is 6.06. The van der Waals surface area contributed by atoms with Crippen LogP contribution in [0.1, 0.15) is 32.4 Å². The van der Waals surface area contributed by atoms with E-state index < -0.39 is 0 Å². The SMILES string of the molecule is CCC(CC)NC(=O)/C=C/c1ccco1. The predicted molar refractivity (Wildman–Crippen MR) is 60.3 cm³/mol. The molecule has 0 spiro atoms. The van der Waals surface area contributed by atoms with E-state index in [1.807, 2.05) is 0 Å². The third-order valence-corrected chi connectivity index (χ3v) is 2.27. The van der Waals surface area contributed by atoms with E-state index in [4.69, 9.17) is 4.42 Å². The first kappa shape index (κ1) is 11.6. The highest BCUT2D eigenvalue weighted by Gasteiger charge is 2.04. The molecule has 15 heavy (non-hydrogen) atoms. The Morgan fingerprint density at radius 1 is 1.53 bits per heavy atom. The van der Waals surface area contributed by atoms with Gasteiger partial charge in [0.25, 0.3) is 0 Å². The van der Waals surface area contributed by atoms with Crippen LogP contribution in [0.25, 0.3) is 6.08 Å². The molecule has 0 bridgehead atoms. The largest absolute Gasteiger partial charge is 0.465 e. The quantitative estimate of drug-likeness (QED) is 0.754. The van der Waals surface area contributed by atoms with E-state index in [0.29, 0.717) is 5.76 Å². The van der Waals surface area contributed by atoms with Gasteiger partial charge < -0.3 is 9.73 Å². The van der Waals surface area contributed by atoms with Crippen LogP contribution < -0.4 is 5.32 Å². The molecule has 3 nitrogen and oxygen atoms in total. The minimum Gasteiger partial charge on any atom is -0.465 e. The minimum absolute atomic E-state index is 0.0694.